The van der Waals surface area contributed by atoms with Crippen LogP contribution < -0.4 is 10.3 Å². The topological polar surface area (TPSA) is 61.9 Å². The molecule has 2 heterocycles. The largest absolute Gasteiger partial charge is 0.497 e. The fourth-order valence-corrected chi connectivity index (χ4v) is 2.24. The Kier molecular flexibility index (Phi) is 4.00. The van der Waals surface area contributed by atoms with E-state index in [4.69, 9.17) is 4.74 Å². The summed E-state index contributed by atoms with van der Waals surface area (Å²) in [7, 11) is 1.63. The first-order chi connectivity index (χ1) is 10.8. The molecule has 3 aromatic rings. The third kappa shape index (κ3) is 2.90. The molecule has 0 N–H and O–H groups in total. The summed E-state index contributed by atoms with van der Waals surface area (Å²) in [5, 5.41) is 4.25. The SMILES string of the molecule is COc1ccc(-n2ncnc2CCn2ccccc2=O)cc1. The van der Waals surface area contributed by atoms with Crippen molar-refractivity contribution in [3.8, 4) is 11.4 Å². The Morgan fingerprint density at radius 2 is 1.95 bits per heavy atom. The van der Waals surface area contributed by atoms with Gasteiger partial charge in [0.25, 0.3) is 5.56 Å². The predicted molar refractivity (Wildman–Crippen MR) is 82.3 cm³/mol. The number of benzene rings is 1. The summed E-state index contributed by atoms with van der Waals surface area (Å²) >= 11 is 0. The van der Waals surface area contributed by atoms with Crippen molar-refractivity contribution in [3.63, 3.8) is 0 Å². The lowest BCUT2D eigenvalue weighted by Crippen LogP contribution is -2.19. The molecule has 22 heavy (non-hydrogen) atoms. The van der Waals surface area contributed by atoms with Gasteiger partial charge in [-0.25, -0.2) is 9.67 Å². The van der Waals surface area contributed by atoms with E-state index in [9.17, 15) is 4.79 Å². The van der Waals surface area contributed by atoms with Crippen molar-refractivity contribution in [2.75, 3.05) is 7.11 Å². The van der Waals surface area contributed by atoms with Gasteiger partial charge in [0, 0.05) is 25.2 Å². The number of methoxy groups -OCH3 is 1. The molecular formula is C16H16N4O2. The number of hydrogen-bond acceptors (Lipinski definition) is 4. The molecule has 0 bridgehead atoms. The van der Waals surface area contributed by atoms with Crippen LogP contribution >= 0.6 is 0 Å². The summed E-state index contributed by atoms with van der Waals surface area (Å²) in [6.07, 6.45) is 3.92. The van der Waals surface area contributed by atoms with E-state index in [1.54, 1.807) is 34.7 Å². The maximum Gasteiger partial charge on any atom is 0.250 e. The van der Waals surface area contributed by atoms with Crippen LogP contribution in [-0.2, 0) is 13.0 Å². The molecule has 0 aliphatic carbocycles. The highest BCUT2D eigenvalue weighted by Gasteiger charge is 2.07. The molecule has 0 spiro atoms. The molecule has 112 valence electrons. The zero-order chi connectivity index (χ0) is 15.4. The van der Waals surface area contributed by atoms with Crippen molar-refractivity contribution in [2.45, 2.75) is 13.0 Å². The molecule has 0 radical (unpaired) electrons. The van der Waals surface area contributed by atoms with E-state index in [2.05, 4.69) is 10.1 Å². The van der Waals surface area contributed by atoms with E-state index in [0.717, 1.165) is 17.3 Å². The summed E-state index contributed by atoms with van der Waals surface area (Å²) in [5.74, 6) is 1.60. The highest BCUT2D eigenvalue weighted by molar-refractivity contribution is 5.37. The molecule has 0 amide bonds. The zero-order valence-electron chi connectivity index (χ0n) is 12.2. The van der Waals surface area contributed by atoms with Crippen molar-refractivity contribution in [2.24, 2.45) is 0 Å². The first kappa shape index (κ1) is 14.1. The van der Waals surface area contributed by atoms with E-state index in [1.807, 2.05) is 30.3 Å². The fourth-order valence-electron chi connectivity index (χ4n) is 2.24. The number of pyridine rings is 1. The third-order valence-electron chi connectivity index (χ3n) is 3.41. The second kappa shape index (κ2) is 6.26. The average molecular weight is 296 g/mol. The summed E-state index contributed by atoms with van der Waals surface area (Å²) < 4.78 is 8.58. The minimum absolute atomic E-state index is 0.0157. The molecule has 0 atom stereocenters. The summed E-state index contributed by atoms with van der Waals surface area (Å²) in [5.41, 5.74) is 0.895. The van der Waals surface area contributed by atoms with E-state index in [0.29, 0.717) is 13.0 Å². The van der Waals surface area contributed by atoms with Gasteiger partial charge in [0.2, 0.25) is 0 Å². The molecule has 0 aliphatic rings. The highest BCUT2D eigenvalue weighted by atomic mass is 16.5. The number of aryl methyl sites for hydroxylation is 2. The molecule has 1 aromatic carbocycles. The summed E-state index contributed by atoms with van der Waals surface area (Å²) in [6.45, 7) is 0.564. The van der Waals surface area contributed by atoms with Crippen LogP contribution in [0.1, 0.15) is 5.82 Å². The van der Waals surface area contributed by atoms with Gasteiger partial charge in [-0.1, -0.05) is 6.07 Å². The van der Waals surface area contributed by atoms with Crippen molar-refractivity contribution in [1.29, 1.82) is 0 Å². The highest BCUT2D eigenvalue weighted by Crippen LogP contribution is 2.15. The Bertz CT molecular complexity index is 805. The van der Waals surface area contributed by atoms with Gasteiger partial charge in [-0.3, -0.25) is 4.79 Å². The van der Waals surface area contributed by atoms with Crippen LogP contribution in [0.5, 0.6) is 5.75 Å². The molecule has 6 nitrogen and oxygen atoms in total. The lowest BCUT2D eigenvalue weighted by molar-refractivity contribution is 0.414. The van der Waals surface area contributed by atoms with E-state index < -0.39 is 0 Å². The molecule has 2 aromatic heterocycles. The first-order valence-corrected chi connectivity index (χ1v) is 6.97. The van der Waals surface area contributed by atoms with Gasteiger partial charge in [-0.2, -0.15) is 5.10 Å². The maximum atomic E-state index is 11.7. The Hall–Kier alpha value is -2.89. The van der Waals surface area contributed by atoms with Crippen molar-refractivity contribution in [3.05, 3.63) is 71.2 Å². The van der Waals surface area contributed by atoms with E-state index in [-0.39, 0.29) is 5.56 Å². The predicted octanol–water partition coefficient (Wildman–Crippen LogP) is 1.68. The monoisotopic (exact) mass is 296 g/mol. The minimum Gasteiger partial charge on any atom is -0.497 e. The Morgan fingerprint density at radius 1 is 1.14 bits per heavy atom. The number of ether oxygens (including phenoxy) is 1. The van der Waals surface area contributed by atoms with Crippen LogP contribution in [0.25, 0.3) is 5.69 Å². The van der Waals surface area contributed by atoms with Crippen LogP contribution in [0, 0.1) is 0 Å². The standard InChI is InChI=1S/C16H16N4O2/c1-22-14-7-5-13(6-8-14)20-15(17-12-18-20)9-11-19-10-3-2-4-16(19)21/h2-8,10,12H,9,11H2,1H3. The van der Waals surface area contributed by atoms with Crippen LogP contribution in [0.15, 0.2) is 59.8 Å². The molecular weight excluding hydrogens is 280 g/mol. The number of hydrogen-bond donors (Lipinski definition) is 0. The Morgan fingerprint density at radius 3 is 2.68 bits per heavy atom. The zero-order valence-corrected chi connectivity index (χ0v) is 12.2. The smallest absolute Gasteiger partial charge is 0.250 e. The first-order valence-electron chi connectivity index (χ1n) is 6.97. The van der Waals surface area contributed by atoms with E-state index in [1.165, 1.54) is 6.33 Å². The number of rotatable bonds is 5. The second-order valence-corrected chi connectivity index (χ2v) is 4.77. The fraction of sp³-hybridized carbons (Fsp3) is 0.188. The van der Waals surface area contributed by atoms with Gasteiger partial charge in [0.05, 0.1) is 12.8 Å². The van der Waals surface area contributed by atoms with Gasteiger partial charge in [0.1, 0.15) is 17.9 Å². The van der Waals surface area contributed by atoms with Gasteiger partial charge >= 0.3 is 0 Å². The maximum absolute atomic E-state index is 11.7. The normalized spacial score (nSPS) is 10.6. The lowest BCUT2D eigenvalue weighted by Gasteiger charge is -2.08. The van der Waals surface area contributed by atoms with Crippen molar-refractivity contribution >= 4 is 0 Å². The van der Waals surface area contributed by atoms with Gasteiger partial charge in [-0.05, 0) is 30.3 Å². The van der Waals surface area contributed by atoms with Gasteiger partial charge in [0.15, 0.2) is 0 Å². The summed E-state index contributed by atoms with van der Waals surface area (Å²) in [6, 6.07) is 12.7. The minimum atomic E-state index is -0.0157. The second-order valence-electron chi connectivity index (χ2n) is 4.77. The van der Waals surface area contributed by atoms with Crippen LogP contribution in [0.2, 0.25) is 0 Å². The average Bonchev–Trinajstić information content (AvgIpc) is 3.03. The van der Waals surface area contributed by atoms with Crippen LogP contribution in [-0.4, -0.2) is 26.4 Å². The molecule has 3 rings (SSSR count). The third-order valence-corrected chi connectivity index (χ3v) is 3.41. The molecule has 6 heteroatoms. The molecule has 0 saturated heterocycles. The lowest BCUT2D eigenvalue weighted by atomic mass is 10.3. The Labute approximate surface area is 127 Å². The van der Waals surface area contributed by atoms with Gasteiger partial charge in [-0.15, -0.1) is 0 Å². The van der Waals surface area contributed by atoms with Crippen molar-refractivity contribution in [1.82, 2.24) is 19.3 Å². The Balaban J connectivity index is 1.80. The van der Waals surface area contributed by atoms with Crippen LogP contribution in [0.4, 0.5) is 0 Å². The molecule has 0 unspecified atom stereocenters. The number of aromatic nitrogens is 4. The van der Waals surface area contributed by atoms with Crippen molar-refractivity contribution < 1.29 is 4.74 Å². The van der Waals surface area contributed by atoms with E-state index >= 15 is 0 Å². The molecule has 0 fully saturated rings. The quantitative estimate of drug-likeness (QED) is 0.718. The number of nitrogens with zero attached hydrogens (tertiary/aromatic N) is 4. The van der Waals surface area contributed by atoms with Gasteiger partial charge < -0.3 is 9.30 Å². The van der Waals surface area contributed by atoms with Crippen LogP contribution in [0.3, 0.4) is 0 Å². The molecule has 0 aliphatic heterocycles. The summed E-state index contributed by atoms with van der Waals surface area (Å²) in [4.78, 5) is 16.0. The molecule has 0 saturated carbocycles.